The minimum atomic E-state index is -0.312. The summed E-state index contributed by atoms with van der Waals surface area (Å²) in [5.74, 6) is -0.421. The molecule has 0 radical (unpaired) electrons. The van der Waals surface area contributed by atoms with Crippen LogP contribution in [0.5, 0.6) is 0 Å². The van der Waals surface area contributed by atoms with Crippen LogP contribution in [0.2, 0.25) is 0 Å². The average Bonchev–Trinajstić information content (AvgIpc) is 3.52. The Bertz CT molecular complexity index is 1050. The van der Waals surface area contributed by atoms with Crippen LogP contribution in [0, 0.1) is 5.82 Å². The van der Waals surface area contributed by atoms with Crippen molar-refractivity contribution in [2.24, 2.45) is 0 Å². The van der Waals surface area contributed by atoms with Gasteiger partial charge in [-0.15, -0.1) is 5.10 Å². The zero-order chi connectivity index (χ0) is 18.8. The van der Waals surface area contributed by atoms with Crippen molar-refractivity contribution in [3.8, 4) is 0 Å². The lowest BCUT2D eigenvalue weighted by molar-refractivity contribution is -0.132. The number of carbonyl (C=O) groups is 1. The molecule has 0 spiro atoms. The highest BCUT2D eigenvalue weighted by atomic mass is 19.1. The van der Waals surface area contributed by atoms with Gasteiger partial charge in [0.2, 0.25) is 5.91 Å². The van der Waals surface area contributed by atoms with E-state index in [-0.39, 0.29) is 42.8 Å². The molecule has 0 atom stereocenters. The number of benzene rings is 2. The lowest BCUT2D eigenvalue weighted by Crippen LogP contribution is -2.35. The lowest BCUT2D eigenvalue weighted by atomic mass is 10.2. The number of halogens is 1. The fourth-order valence-electron chi connectivity index (χ4n) is 3.13. The van der Waals surface area contributed by atoms with Gasteiger partial charge in [0.05, 0.1) is 11.9 Å². The Balaban J connectivity index is 1.48. The molecule has 2 aromatic carbocycles. The number of nitrogens with zero attached hydrogens (tertiary/aromatic N) is 4. The highest BCUT2D eigenvalue weighted by Crippen LogP contribution is 2.29. The topological polar surface area (TPSA) is 68.1 Å². The second-order valence-electron chi connectivity index (χ2n) is 6.73. The third-order valence-corrected chi connectivity index (χ3v) is 4.77. The second-order valence-corrected chi connectivity index (χ2v) is 6.73. The van der Waals surface area contributed by atoms with Gasteiger partial charge in [-0.3, -0.25) is 9.59 Å². The molecule has 27 heavy (non-hydrogen) atoms. The molecule has 0 unspecified atom stereocenters. The first-order valence-electron chi connectivity index (χ1n) is 8.99. The number of rotatable bonds is 6. The van der Waals surface area contributed by atoms with Gasteiger partial charge in [0.1, 0.15) is 11.3 Å². The SMILES string of the molecule is O=C(CCn1nnc2ccccc2c1=O)N(Cc1ccccc1F)C1CC1. The van der Waals surface area contributed by atoms with Crippen molar-refractivity contribution < 1.29 is 9.18 Å². The van der Waals surface area contributed by atoms with E-state index in [9.17, 15) is 14.0 Å². The van der Waals surface area contributed by atoms with Gasteiger partial charge in [0.25, 0.3) is 5.56 Å². The molecule has 1 aromatic heterocycles. The van der Waals surface area contributed by atoms with Crippen LogP contribution in [-0.4, -0.2) is 31.8 Å². The maximum Gasteiger partial charge on any atom is 0.277 e. The number of hydrogen-bond acceptors (Lipinski definition) is 4. The molecule has 4 rings (SSSR count). The minimum absolute atomic E-state index is 0.109. The Kier molecular flexibility index (Phi) is 4.66. The van der Waals surface area contributed by atoms with Crippen LogP contribution >= 0.6 is 0 Å². The molecule has 138 valence electrons. The van der Waals surface area contributed by atoms with Crippen LogP contribution in [-0.2, 0) is 17.9 Å². The van der Waals surface area contributed by atoms with E-state index >= 15 is 0 Å². The van der Waals surface area contributed by atoms with E-state index in [1.54, 1.807) is 47.4 Å². The number of aryl methyl sites for hydroxylation is 1. The molecule has 1 saturated carbocycles. The fraction of sp³-hybridized carbons (Fsp3) is 0.300. The summed E-state index contributed by atoms with van der Waals surface area (Å²) in [7, 11) is 0. The highest BCUT2D eigenvalue weighted by molar-refractivity contribution is 5.77. The highest BCUT2D eigenvalue weighted by Gasteiger charge is 2.32. The van der Waals surface area contributed by atoms with Gasteiger partial charge >= 0.3 is 0 Å². The van der Waals surface area contributed by atoms with E-state index in [1.807, 2.05) is 0 Å². The Hall–Kier alpha value is -3.09. The average molecular weight is 366 g/mol. The summed E-state index contributed by atoms with van der Waals surface area (Å²) in [6, 6.07) is 13.6. The van der Waals surface area contributed by atoms with E-state index in [0.29, 0.717) is 16.5 Å². The van der Waals surface area contributed by atoms with Crippen LogP contribution in [0.4, 0.5) is 4.39 Å². The fourth-order valence-corrected chi connectivity index (χ4v) is 3.13. The maximum absolute atomic E-state index is 13.9. The molecule has 0 saturated heterocycles. The number of hydrogen-bond donors (Lipinski definition) is 0. The summed E-state index contributed by atoms with van der Waals surface area (Å²) in [5.41, 5.74) is 0.769. The van der Waals surface area contributed by atoms with E-state index in [2.05, 4.69) is 10.3 Å². The maximum atomic E-state index is 13.9. The summed E-state index contributed by atoms with van der Waals surface area (Å²) in [5, 5.41) is 8.43. The van der Waals surface area contributed by atoms with Crippen molar-refractivity contribution in [3.63, 3.8) is 0 Å². The lowest BCUT2D eigenvalue weighted by Gasteiger charge is -2.23. The normalized spacial score (nSPS) is 13.7. The second kappa shape index (κ2) is 7.26. The van der Waals surface area contributed by atoms with E-state index in [4.69, 9.17) is 0 Å². The quantitative estimate of drug-likeness (QED) is 0.672. The van der Waals surface area contributed by atoms with Crippen molar-refractivity contribution in [3.05, 3.63) is 70.3 Å². The summed E-state index contributed by atoms with van der Waals surface area (Å²) < 4.78 is 15.2. The van der Waals surface area contributed by atoms with E-state index in [1.165, 1.54) is 10.7 Å². The third kappa shape index (κ3) is 3.72. The standard InChI is InChI=1S/C20H19FN4O2/c21-17-7-3-1-5-14(17)13-24(15-9-10-15)19(26)11-12-25-20(27)16-6-2-4-8-18(16)22-23-25/h1-8,15H,9-13H2. The van der Waals surface area contributed by atoms with Crippen molar-refractivity contribution in [1.82, 2.24) is 19.9 Å². The van der Waals surface area contributed by atoms with Gasteiger partial charge in [0, 0.05) is 24.6 Å². The Morgan fingerprint density at radius 3 is 2.67 bits per heavy atom. The predicted molar refractivity (Wildman–Crippen MR) is 98.4 cm³/mol. The Labute approximate surface area is 155 Å². The predicted octanol–water partition coefficient (Wildman–Crippen LogP) is 2.51. The molecule has 0 N–H and O–H groups in total. The van der Waals surface area contributed by atoms with Gasteiger partial charge < -0.3 is 4.90 Å². The smallest absolute Gasteiger partial charge is 0.277 e. The van der Waals surface area contributed by atoms with Crippen molar-refractivity contribution in [2.45, 2.75) is 38.4 Å². The van der Waals surface area contributed by atoms with Gasteiger partial charge in [0.15, 0.2) is 0 Å². The number of fused-ring (bicyclic) bond motifs is 1. The van der Waals surface area contributed by atoms with E-state index in [0.717, 1.165) is 12.8 Å². The molecule has 0 bridgehead atoms. The number of amides is 1. The van der Waals surface area contributed by atoms with Crippen LogP contribution in [0.3, 0.4) is 0 Å². The zero-order valence-corrected chi connectivity index (χ0v) is 14.7. The van der Waals surface area contributed by atoms with Crippen LogP contribution in [0.15, 0.2) is 53.3 Å². The summed E-state index contributed by atoms with van der Waals surface area (Å²) in [6.45, 7) is 0.393. The van der Waals surface area contributed by atoms with Gasteiger partial charge in [-0.1, -0.05) is 35.5 Å². The first-order chi connectivity index (χ1) is 13.1. The van der Waals surface area contributed by atoms with Gasteiger partial charge in [-0.05, 0) is 31.0 Å². The molecule has 1 amide bonds. The van der Waals surface area contributed by atoms with Crippen LogP contribution in [0.1, 0.15) is 24.8 Å². The van der Waals surface area contributed by atoms with Crippen molar-refractivity contribution >= 4 is 16.8 Å². The Morgan fingerprint density at radius 2 is 1.89 bits per heavy atom. The third-order valence-electron chi connectivity index (χ3n) is 4.77. The summed E-state index contributed by atoms with van der Waals surface area (Å²) in [6.07, 6.45) is 1.98. The van der Waals surface area contributed by atoms with E-state index < -0.39 is 0 Å². The van der Waals surface area contributed by atoms with Crippen LogP contribution in [0.25, 0.3) is 10.9 Å². The molecule has 3 aromatic rings. The largest absolute Gasteiger partial charge is 0.335 e. The monoisotopic (exact) mass is 366 g/mol. The zero-order valence-electron chi connectivity index (χ0n) is 14.7. The number of aromatic nitrogens is 3. The molecule has 1 fully saturated rings. The molecule has 1 aliphatic carbocycles. The molecule has 6 nitrogen and oxygen atoms in total. The molecule has 7 heteroatoms. The first-order valence-corrected chi connectivity index (χ1v) is 8.99. The molecule has 1 heterocycles. The first kappa shape index (κ1) is 17.3. The summed E-state index contributed by atoms with van der Waals surface area (Å²) in [4.78, 5) is 26.9. The molecule has 0 aliphatic heterocycles. The van der Waals surface area contributed by atoms with Gasteiger partial charge in [-0.25, -0.2) is 9.07 Å². The molecular formula is C20H19FN4O2. The molecule has 1 aliphatic rings. The Morgan fingerprint density at radius 1 is 1.15 bits per heavy atom. The number of carbonyl (C=O) groups excluding carboxylic acids is 1. The summed E-state index contributed by atoms with van der Waals surface area (Å²) >= 11 is 0. The minimum Gasteiger partial charge on any atom is -0.335 e. The molecular weight excluding hydrogens is 347 g/mol. The van der Waals surface area contributed by atoms with Crippen molar-refractivity contribution in [1.29, 1.82) is 0 Å². The van der Waals surface area contributed by atoms with Crippen molar-refractivity contribution in [2.75, 3.05) is 0 Å². The van der Waals surface area contributed by atoms with Crippen LogP contribution < -0.4 is 5.56 Å². The van der Waals surface area contributed by atoms with Gasteiger partial charge in [-0.2, -0.15) is 0 Å².